The van der Waals surface area contributed by atoms with Crippen molar-refractivity contribution in [3.05, 3.63) is 48.0 Å². The molecule has 9 heteroatoms. The molecule has 1 N–H and O–H groups in total. The van der Waals surface area contributed by atoms with E-state index in [1.54, 1.807) is 42.5 Å². The number of carbonyl (C=O) groups is 1. The van der Waals surface area contributed by atoms with Gasteiger partial charge in [0.25, 0.3) is 5.91 Å². The summed E-state index contributed by atoms with van der Waals surface area (Å²) >= 11 is 0. The van der Waals surface area contributed by atoms with Gasteiger partial charge in [-0.05, 0) is 55.3 Å². The number of methoxy groups -OCH3 is 2. The van der Waals surface area contributed by atoms with Crippen molar-refractivity contribution in [1.82, 2.24) is 9.62 Å². The molecule has 0 unspecified atom stereocenters. The Labute approximate surface area is 176 Å². The maximum atomic E-state index is 12.5. The highest BCUT2D eigenvalue weighted by Gasteiger charge is 2.26. The molecule has 0 atom stereocenters. The van der Waals surface area contributed by atoms with E-state index in [1.165, 1.54) is 18.5 Å². The van der Waals surface area contributed by atoms with E-state index in [1.807, 2.05) is 0 Å². The van der Waals surface area contributed by atoms with Crippen molar-refractivity contribution >= 4 is 15.9 Å². The fourth-order valence-corrected chi connectivity index (χ4v) is 4.72. The molecule has 1 fully saturated rings. The Bertz CT molecular complexity index is 969. The Kier molecular flexibility index (Phi) is 7.17. The molecule has 1 saturated heterocycles. The van der Waals surface area contributed by atoms with Crippen LogP contribution in [0, 0.1) is 0 Å². The average Bonchev–Trinajstić information content (AvgIpc) is 3.32. The van der Waals surface area contributed by atoms with Gasteiger partial charge in [0.05, 0.1) is 25.7 Å². The average molecular weight is 435 g/mol. The van der Waals surface area contributed by atoms with Gasteiger partial charge in [-0.1, -0.05) is 0 Å². The zero-order valence-electron chi connectivity index (χ0n) is 17.1. The largest absolute Gasteiger partial charge is 0.493 e. The number of hydrogen-bond donors (Lipinski definition) is 1. The van der Waals surface area contributed by atoms with Crippen molar-refractivity contribution in [2.24, 2.45) is 0 Å². The van der Waals surface area contributed by atoms with E-state index in [4.69, 9.17) is 14.2 Å². The van der Waals surface area contributed by atoms with Gasteiger partial charge in [0.15, 0.2) is 11.5 Å². The van der Waals surface area contributed by atoms with Crippen LogP contribution < -0.4 is 19.5 Å². The van der Waals surface area contributed by atoms with Gasteiger partial charge in [-0.3, -0.25) is 4.79 Å². The van der Waals surface area contributed by atoms with Crippen LogP contribution in [0.25, 0.3) is 0 Å². The van der Waals surface area contributed by atoms with E-state index in [9.17, 15) is 13.2 Å². The molecular weight excluding hydrogens is 408 g/mol. The van der Waals surface area contributed by atoms with Gasteiger partial charge in [-0.25, -0.2) is 8.42 Å². The number of nitrogens with one attached hydrogen (secondary N) is 1. The van der Waals surface area contributed by atoms with Crippen molar-refractivity contribution in [2.45, 2.75) is 17.7 Å². The molecule has 0 aliphatic carbocycles. The molecule has 0 spiro atoms. The molecule has 1 aliphatic rings. The minimum atomic E-state index is -3.43. The lowest BCUT2D eigenvalue weighted by Crippen LogP contribution is -2.28. The Balaban J connectivity index is 1.49. The van der Waals surface area contributed by atoms with Crippen molar-refractivity contribution in [2.75, 3.05) is 40.5 Å². The highest BCUT2D eigenvalue weighted by atomic mass is 32.2. The lowest BCUT2D eigenvalue weighted by molar-refractivity contribution is 0.0946. The number of ether oxygens (including phenoxy) is 3. The molecule has 3 rings (SSSR count). The van der Waals surface area contributed by atoms with Crippen LogP contribution in [-0.2, 0) is 10.0 Å². The SMILES string of the molecule is COc1ccc(C(=O)NCCOc2ccc(S(=O)(=O)N3CCCC3)cc2)cc1OC. The third-order valence-electron chi connectivity index (χ3n) is 4.83. The predicted molar refractivity (Wildman–Crippen MR) is 112 cm³/mol. The Morgan fingerprint density at radius 1 is 1.00 bits per heavy atom. The maximum absolute atomic E-state index is 12.5. The predicted octanol–water partition coefficient (Wildman–Crippen LogP) is 2.30. The van der Waals surface area contributed by atoms with Crippen LogP contribution in [0.5, 0.6) is 17.2 Å². The van der Waals surface area contributed by atoms with E-state index < -0.39 is 10.0 Å². The van der Waals surface area contributed by atoms with Crippen molar-refractivity contribution < 1.29 is 27.4 Å². The van der Waals surface area contributed by atoms with E-state index >= 15 is 0 Å². The Hall–Kier alpha value is -2.78. The second-order valence-corrected chi connectivity index (χ2v) is 8.69. The molecule has 8 nitrogen and oxygen atoms in total. The summed E-state index contributed by atoms with van der Waals surface area (Å²) in [5.74, 6) is 1.31. The quantitative estimate of drug-likeness (QED) is 0.609. The number of hydrogen-bond acceptors (Lipinski definition) is 6. The molecule has 0 saturated carbocycles. The van der Waals surface area contributed by atoms with Gasteiger partial charge in [0.1, 0.15) is 12.4 Å². The normalized spacial score (nSPS) is 14.3. The molecule has 2 aromatic carbocycles. The van der Waals surface area contributed by atoms with Gasteiger partial charge >= 0.3 is 0 Å². The summed E-state index contributed by atoms with van der Waals surface area (Å²) in [7, 11) is -0.392. The zero-order chi connectivity index (χ0) is 21.6. The van der Waals surface area contributed by atoms with Crippen LogP contribution >= 0.6 is 0 Å². The van der Waals surface area contributed by atoms with Crippen LogP contribution in [0.1, 0.15) is 23.2 Å². The van der Waals surface area contributed by atoms with Gasteiger partial charge < -0.3 is 19.5 Å². The topological polar surface area (TPSA) is 94.2 Å². The fourth-order valence-electron chi connectivity index (χ4n) is 3.20. The van der Waals surface area contributed by atoms with E-state index in [-0.39, 0.29) is 17.4 Å². The van der Waals surface area contributed by atoms with Crippen LogP contribution in [0.4, 0.5) is 0 Å². The van der Waals surface area contributed by atoms with Crippen molar-refractivity contribution in [1.29, 1.82) is 0 Å². The number of amides is 1. The summed E-state index contributed by atoms with van der Waals surface area (Å²) in [4.78, 5) is 12.5. The molecular formula is C21H26N2O6S. The van der Waals surface area contributed by atoms with Gasteiger partial charge in [0, 0.05) is 18.7 Å². The second kappa shape index (κ2) is 9.82. The summed E-state index contributed by atoms with van der Waals surface area (Å²) in [6.07, 6.45) is 1.80. The van der Waals surface area contributed by atoms with Crippen molar-refractivity contribution in [3.63, 3.8) is 0 Å². The minimum Gasteiger partial charge on any atom is -0.493 e. The third kappa shape index (κ3) is 5.03. The number of sulfonamides is 1. The third-order valence-corrected chi connectivity index (χ3v) is 6.74. The molecule has 0 bridgehead atoms. The number of nitrogens with zero attached hydrogens (tertiary/aromatic N) is 1. The van der Waals surface area contributed by atoms with Crippen molar-refractivity contribution in [3.8, 4) is 17.2 Å². The number of carbonyl (C=O) groups excluding carboxylic acids is 1. The molecule has 1 aliphatic heterocycles. The van der Waals surface area contributed by atoms with Crippen LogP contribution in [0.15, 0.2) is 47.4 Å². The maximum Gasteiger partial charge on any atom is 0.251 e. The summed E-state index contributed by atoms with van der Waals surface area (Å²) in [5.41, 5.74) is 0.448. The van der Waals surface area contributed by atoms with Gasteiger partial charge in [-0.15, -0.1) is 0 Å². The smallest absolute Gasteiger partial charge is 0.251 e. The second-order valence-electron chi connectivity index (χ2n) is 6.76. The molecule has 162 valence electrons. The first kappa shape index (κ1) is 21.9. The molecule has 1 heterocycles. The van der Waals surface area contributed by atoms with Crippen LogP contribution in [0.3, 0.4) is 0 Å². The monoisotopic (exact) mass is 434 g/mol. The van der Waals surface area contributed by atoms with Gasteiger partial charge in [0.2, 0.25) is 10.0 Å². The van der Waals surface area contributed by atoms with E-state index in [2.05, 4.69) is 5.32 Å². The zero-order valence-corrected chi connectivity index (χ0v) is 17.9. The van der Waals surface area contributed by atoms with E-state index in [0.29, 0.717) is 42.4 Å². The first-order valence-corrected chi connectivity index (χ1v) is 11.1. The molecule has 0 radical (unpaired) electrons. The lowest BCUT2D eigenvalue weighted by Gasteiger charge is -2.15. The first-order chi connectivity index (χ1) is 14.5. The molecule has 2 aromatic rings. The Morgan fingerprint density at radius 3 is 2.30 bits per heavy atom. The summed E-state index contributed by atoms with van der Waals surface area (Å²) in [6.45, 7) is 1.68. The number of rotatable bonds is 9. The van der Waals surface area contributed by atoms with Gasteiger partial charge in [-0.2, -0.15) is 4.31 Å². The summed E-state index contributed by atoms with van der Waals surface area (Å²) in [6, 6.07) is 11.3. The lowest BCUT2D eigenvalue weighted by atomic mass is 10.2. The standard InChI is InChI=1S/C21H26N2O6S/c1-27-19-10-5-16(15-20(19)28-2)21(24)22-11-14-29-17-6-8-18(9-7-17)30(25,26)23-12-3-4-13-23/h5-10,15H,3-4,11-14H2,1-2H3,(H,22,24). The fraction of sp³-hybridized carbons (Fsp3) is 0.381. The highest BCUT2D eigenvalue weighted by Crippen LogP contribution is 2.27. The molecule has 30 heavy (non-hydrogen) atoms. The van der Waals surface area contributed by atoms with Crippen LogP contribution in [-0.4, -0.2) is 59.1 Å². The minimum absolute atomic E-state index is 0.247. The Morgan fingerprint density at radius 2 is 1.67 bits per heavy atom. The highest BCUT2D eigenvalue weighted by molar-refractivity contribution is 7.89. The number of benzene rings is 2. The van der Waals surface area contributed by atoms with E-state index in [0.717, 1.165) is 12.8 Å². The van der Waals surface area contributed by atoms with Crippen LogP contribution in [0.2, 0.25) is 0 Å². The first-order valence-electron chi connectivity index (χ1n) is 9.69. The molecule has 0 aromatic heterocycles. The summed E-state index contributed by atoms with van der Waals surface area (Å²) in [5, 5.41) is 2.77. The summed E-state index contributed by atoms with van der Waals surface area (Å²) < 4.78 is 42.5. The molecule has 1 amide bonds.